The van der Waals surface area contributed by atoms with E-state index in [0.29, 0.717) is 17.9 Å². The molecule has 7 heteroatoms. The largest absolute Gasteiger partial charge is 0.493 e. The molecule has 1 aliphatic rings. The zero-order valence-corrected chi connectivity index (χ0v) is 13.6. The van der Waals surface area contributed by atoms with Gasteiger partial charge < -0.3 is 9.47 Å². The zero-order chi connectivity index (χ0) is 17.3. The lowest BCUT2D eigenvalue weighted by Gasteiger charge is -2.16. The van der Waals surface area contributed by atoms with Crippen LogP contribution in [0.3, 0.4) is 0 Å². The molecule has 1 saturated carbocycles. The normalized spacial score (nSPS) is 14.8. The molecule has 0 unspecified atom stereocenters. The van der Waals surface area contributed by atoms with Crippen molar-refractivity contribution in [2.45, 2.75) is 18.3 Å². The van der Waals surface area contributed by atoms with Crippen LogP contribution >= 0.6 is 11.6 Å². The Labute approximate surface area is 143 Å². The van der Waals surface area contributed by atoms with Gasteiger partial charge in [-0.05, 0) is 36.6 Å². The van der Waals surface area contributed by atoms with Crippen LogP contribution in [0, 0.1) is 10.1 Å². The van der Waals surface area contributed by atoms with Crippen molar-refractivity contribution < 1.29 is 19.2 Å². The average molecular weight is 348 g/mol. The topological polar surface area (TPSA) is 78.7 Å². The first kappa shape index (κ1) is 16.3. The maximum atomic E-state index is 12.7. The van der Waals surface area contributed by atoms with Crippen molar-refractivity contribution in [2.75, 3.05) is 7.11 Å². The minimum Gasteiger partial charge on any atom is -0.493 e. The maximum Gasteiger partial charge on any atom is 0.322 e. The van der Waals surface area contributed by atoms with Crippen molar-refractivity contribution in [1.82, 2.24) is 0 Å². The molecular formula is C17H14ClNO5. The average Bonchev–Trinajstić information content (AvgIpc) is 3.36. The molecule has 3 rings (SSSR count). The van der Waals surface area contributed by atoms with Crippen LogP contribution in [0.5, 0.6) is 11.5 Å². The van der Waals surface area contributed by atoms with Gasteiger partial charge >= 0.3 is 5.97 Å². The number of carbonyl (C=O) groups is 1. The van der Waals surface area contributed by atoms with Crippen molar-refractivity contribution in [3.63, 3.8) is 0 Å². The van der Waals surface area contributed by atoms with Crippen LogP contribution in [0.15, 0.2) is 42.5 Å². The molecule has 0 spiro atoms. The predicted octanol–water partition coefficient (Wildman–Crippen LogP) is 3.89. The van der Waals surface area contributed by atoms with E-state index in [9.17, 15) is 14.9 Å². The van der Waals surface area contributed by atoms with Gasteiger partial charge in [0.1, 0.15) is 0 Å². The summed E-state index contributed by atoms with van der Waals surface area (Å²) in [6, 6.07) is 10.9. The van der Waals surface area contributed by atoms with Crippen LogP contribution in [-0.4, -0.2) is 18.0 Å². The van der Waals surface area contributed by atoms with E-state index < -0.39 is 16.3 Å². The number of rotatable bonds is 5. The van der Waals surface area contributed by atoms with Crippen LogP contribution in [0.1, 0.15) is 18.4 Å². The lowest BCUT2D eigenvalue weighted by atomic mass is 9.96. The van der Waals surface area contributed by atoms with Gasteiger partial charge in [-0.2, -0.15) is 0 Å². The number of esters is 1. The number of hydrogen-bond donors (Lipinski definition) is 0. The van der Waals surface area contributed by atoms with Gasteiger partial charge in [0, 0.05) is 11.1 Å². The molecule has 6 nitrogen and oxygen atoms in total. The predicted molar refractivity (Wildman–Crippen MR) is 87.6 cm³/mol. The first-order valence-corrected chi connectivity index (χ1v) is 7.65. The minimum atomic E-state index is -0.749. The van der Waals surface area contributed by atoms with Gasteiger partial charge in [0.15, 0.2) is 11.5 Å². The number of nitro groups is 1. The highest BCUT2D eigenvalue weighted by Crippen LogP contribution is 2.50. The van der Waals surface area contributed by atoms with Gasteiger partial charge in [0.25, 0.3) is 5.69 Å². The molecule has 0 heterocycles. The third-order valence-corrected chi connectivity index (χ3v) is 4.31. The Balaban J connectivity index is 1.90. The van der Waals surface area contributed by atoms with E-state index in [1.807, 2.05) is 6.07 Å². The molecule has 0 aromatic heterocycles. The summed E-state index contributed by atoms with van der Waals surface area (Å²) in [6.45, 7) is 0. The van der Waals surface area contributed by atoms with E-state index in [1.165, 1.54) is 25.3 Å². The summed E-state index contributed by atoms with van der Waals surface area (Å²) in [4.78, 5) is 23.0. The van der Waals surface area contributed by atoms with E-state index in [2.05, 4.69) is 0 Å². The molecule has 2 aromatic carbocycles. The molecule has 0 bridgehead atoms. The van der Waals surface area contributed by atoms with E-state index in [4.69, 9.17) is 21.1 Å². The molecule has 0 amide bonds. The molecule has 0 saturated heterocycles. The molecule has 2 aromatic rings. The fourth-order valence-corrected chi connectivity index (χ4v) is 2.77. The number of carbonyl (C=O) groups excluding carboxylic acids is 1. The molecule has 24 heavy (non-hydrogen) atoms. The second kappa shape index (κ2) is 6.13. The monoisotopic (exact) mass is 347 g/mol. The van der Waals surface area contributed by atoms with Gasteiger partial charge in [-0.1, -0.05) is 23.7 Å². The molecule has 1 aliphatic carbocycles. The van der Waals surface area contributed by atoms with Crippen LogP contribution in [0.4, 0.5) is 5.69 Å². The lowest BCUT2D eigenvalue weighted by Crippen LogP contribution is -2.26. The highest BCUT2D eigenvalue weighted by Gasteiger charge is 2.53. The van der Waals surface area contributed by atoms with Gasteiger partial charge in [-0.3, -0.25) is 14.9 Å². The molecule has 1 fully saturated rings. The van der Waals surface area contributed by atoms with Crippen molar-refractivity contribution >= 4 is 23.3 Å². The van der Waals surface area contributed by atoms with Crippen molar-refractivity contribution in [3.8, 4) is 11.5 Å². The number of halogens is 1. The SMILES string of the molecule is COc1ccc([N+](=O)[O-])cc1OC(=O)C1(c2cccc(Cl)c2)CC1. The number of non-ortho nitro benzene ring substituents is 1. The molecule has 124 valence electrons. The lowest BCUT2D eigenvalue weighted by molar-refractivity contribution is -0.384. The Hall–Kier alpha value is -2.60. The smallest absolute Gasteiger partial charge is 0.322 e. The Morgan fingerprint density at radius 3 is 2.54 bits per heavy atom. The van der Waals surface area contributed by atoms with Gasteiger partial charge in [-0.25, -0.2) is 0 Å². The van der Waals surface area contributed by atoms with Gasteiger partial charge in [0.2, 0.25) is 0 Å². The first-order valence-electron chi connectivity index (χ1n) is 7.27. The standard InChI is InChI=1S/C17H14ClNO5/c1-23-14-6-5-13(19(21)22)10-15(14)24-16(20)17(7-8-17)11-3-2-4-12(18)9-11/h2-6,9-10H,7-8H2,1H3. The Kier molecular flexibility index (Phi) is 4.15. The van der Waals surface area contributed by atoms with Gasteiger partial charge in [-0.15, -0.1) is 0 Å². The number of nitrogens with zero attached hydrogens (tertiary/aromatic N) is 1. The summed E-state index contributed by atoms with van der Waals surface area (Å²) < 4.78 is 10.6. The molecule has 0 aliphatic heterocycles. The summed E-state index contributed by atoms with van der Waals surface area (Å²) in [5.74, 6) is -0.176. The van der Waals surface area contributed by atoms with Crippen LogP contribution < -0.4 is 9.47 Å². The minimum absolute atomic E-state index is 0.0324. The quantitative estimate of drug-likeness (QED) is 0.355. The highest BCUT2D eigenvalue weighted by atomic mass is 35.5. The number of hydrogen-bond acceptors (Lipinski definition) is 5. The third kappa shape index (κ3) is 2.92. The highest BCUT2D eigenvalue weighted by molar-refractivity contribution is 6.30. The number of nitro benzene ring substituents is 1. The van der Waals surface area contributed by atoms with E-state index in [0.717, 1.165) is 5.56 Å². The fraction of sp³-hybridized carbons (Fsp3) is 0.235. The van der Waals surface area contributed by atoms with E-state index in [1.54, 1.807) is 18.2 Å². The Bertz CT molecular complexity index is 816. The van der Waals surface area contributed by atoms with Crippen molar-refractivity contribution in [2.24, 2.45) is 0 Å². The molecular weight excluding hydrogens is 334 g/mol. The van der Waals surface area contributed by atoms with E-state index in [-0.39, 0.29) is 17.2 Å². The third-order valence-electron chi connectivity index (χ3n) is 4.08. The summed E-state index contributed by atoms with van der Waals surface area (Å²) in [7, 11) is 1.41. The van der Waals surface area contributed by atoms with Crippen LogP contribution in [0.2, 0.25) is 5.02 Å². The van der Waals surface area contributed by atoms with Crippen molar-refractivity contribution in [1.29, 1.82) is 0 Å². The molecule has 0 atom stereocenters. The van der Waals surface area contributed by atoms with E-state index >= 15 is 0 Å². The number of benzene rings is 2. The molecule has 0 radical (unpaired) electrons. The first-order chi connectivity index (χ1) is 11.5. The summed E-state index contributed by atoms with van der Waals surface area (Å²) in [5, 5.41) is 11.5. The van der Waals surface area contributed by atoms with Gasteiger partial charge in [0.05, 0.1) is 23.5 Å². The summed E-state index contributed by atoms with van der Waals surface area (Å²) >= 11 is 6.00. The number of ether oxygens (including phenoxy) is 2. The van der Waals surface area contributed by atoms with Crippen LogP contribution in [-0.2, 0) is 10.2 Å². The maximum absolute atomic E-state index is 12.7. The zero-order valence-electron chi connectivity index (χ0n) is 12.8. The fourth-order valence-electron chi connectivity index (χ4n) is 2.58. The molecule has 0 N–H and O–H groups in total. The second-order valence-electron chi connectivity index (χ2n) is 5.57. The number of methoxy groups -OCH3 is 1. The Morgan fingerprint density at radius 2 is 1.96 bits per heavy atom. The second-order valence-corrected chi connectivity index (χ2v) is 6.01. The Morgan fingerprint density at radius 1 is 1.21 bits per heavy atom. The van der Waals surface area contributed by atoms with Crippen LogP contribution in [0.25, 0.3) is 0 Å². The summed E-state index contributed by atoms with van der Waals surface area (Å²) in [5.41, 5.74) is -0.142. The van der Waals surface area contributed by atoms with Crippen molar-refractivity contribution in [3.05, 3.63) is 63.2 Å². The summed E-state index contributed by atoms with van der Waals surface area (Å²) in [6.07, 6.45) is 1.28.